The van der Waals surface area contributed by atoms with Gasteiger partial charge in [-0.25, -0.2) is 0 Å². The molecule has 0 aliphatic heterocycles. The predicted octanol–water partition coefficient (Wildman–Crippen LogP) is 4.18. The van der Waals surface area contributed by atoms with Gasteiger partial charge in [0, 0.05) is 16.3 Å². The topological polar surface area (TPSA) is 59.2 Å². The van der Waals surface area contributed by atoms with Gasteiger partial charge in [-0.05, 0) is 51.0 Å². The van der Waals surface area contributed by atoms with Crippen LogP contribution in [0.2, 0.25) is 5.02 Å². The molecule has 1 aromatic carbocycles. The molecule has 0 bridgehead atoms. The van der Waals surface area contributed by atoms with Crippen molar-refractivity contribution < 1.29 is 14.3 Å². The van der Waals surface area contributed by atoms with E-state index in [2.05, 4.69) is 4.98 Å². The molecule has 5 heteroatoms. The quantitative estimate of drug-likeness (QED) is 0.659. The average Bonchev–Trinajstić information content (AvgIpc) is 2.82. The minimum Gasteiger partial charge on any atom is -0.465 e. The van der Waals surface area contributed by atoms with Gasteiger partial charge in [-0.3, -0.25) is 9.59 Å². The highest BCUT2D eigenvalue weighted by molar-refractivity contribution is 6.31. The highest BCUT2D eigenvalue weighted by Crippen LogP contribution is 2.27. The van der Waals surface area contributed by atoms with Crippen LogP contribution in [0.5, 0.6) is 0 Å². The Labute approximate surface area is 140 Å². The van der Waals surface area contributed by atoms with Gasteiger partial charge in [0.2, 0.25) is 5.78 Å². The van der Waals surface area contributed by atoms with E-state index >= 15 is 0 Å². The van der Waals surface area contributed by atoms with Crippen molar-refractivity contribution >= 4 is 23.4 Å². The highest BCUT2D eigenvalue weighted by atomic mass is 35.5. The maximum Gasteiger partial charge on any atom is 0.314 e. The molecule has 0 saturated heterocycles. The van der Waals surface area contributed by atoms with Gasteiger partial charge in [-0.1, -0.05) is 23.7 Å². The van der Waals surface area contributed by atoms with Crippen LogP contribution in [0.1, 0.15) is 52.6 Å². The summed E-state index contributed by atoms with van der Waals surface area (Å²) in [6, 6.07) is 6.81. The number of nitrogens with one attached hydrogen (secondary N) is 1. The van der Waals surface area contributed by atoms with E-state index in [1.54, 1.807) is 38.1 Å². The third kappa shape index (κ3) is 3.48. The molecule has 0 aliphatic rings. The lowest BCUT2D eigenvalue weighted by molar-refractivity contribution is -0.144. The second kappa shape index (κ2) is 7.01. The molecule has 122 valence electrons. The molecule has 0 radical (unpaired) electrons. The number of aromatic nitrogens is 1. The fraction of sp³-hybridized carbons (Fsp3) is 0.333. The molecule has 0 aliphatic carbocycles. The first-order valence-electron chi connectivity index (χ1n) is 7.52. The van der Waals surface area contributed by atoms with Crippen LogP contribution in [0.15, 0.2) is 24.3 Å². The fourth-order valence-corrected chi connectivity index (χ4v) is 2.72. The van der Waals surface area contributed by atoms with E-state index in [1.807, 2.05) is 13.8 Å². The number of benzene rings is 1. The Balaban J connectivity index is 2.40. The molecular formula is C18H20ClNO3. The normalized spacial score (nSPS) is 12.0. The summed E-state index contributed by atoms with van der Waals surface area (Å²) in [5, 5.41) is 0.511. The molecular weight excluding hydrogens is 314 g/mol. The number of aromatic amines is 1. The second-order valence-corrected chi connectivity index (χ2v) is 5.91. The molecule has 23 heavy (non-hydrogen) atoms. The molecule has 1 heterocycles. The molecule has 1 atom stereocenters. The molecule has 2 rings (SSSR count). The van der Waals surface area contributed by atoms with Gasteiger partial charge < -0.3 is 9.72 Å². The molecule has 2 aromatic rings. The third-order valence-corrected chi connectivity index (χ3v) is 4.22. The van der Waals surface area contributed by atoms with Crippen molar-refractivity contribution in [2.75, 3.05) is 6.61 Å². The molecule has 4 nitrogen and oxygen atoms in total. The van der Waals surface area contributed by atoms with Gasteiger partial charge in [0.25, 0.3) is 0 Å². The molecule has 1 unspecified atom stereocenters. The summed E-state index contributed by atoms with van der Waals surface area (Å²) in [7, 11) is 0. The maximum atomic E-state index is 12.7. The summed E-state index contributed by atoms with van der Waals surface area (Å²) < 4.78 is 5.06. The van der Waals surface area contributed by atoms with Gasteiger partial charge >= 0.3 is 5.97 Å². The van der Waals surface area contributed by atoms with Crippen molar-refractivity contribution in [1.29, 1.82) is 0 Å². The smallest absolute Gasteiger partial charge is 0.314 e. The zero-order valence-corrected chi connectivity index (χ0v) is 14.5. The number of rotatable bonds is 5. The highest BCUT2D eigenvalue weighted by Gasteiger charge is 2.25. The Morgan fingerprint density at radius 3 is 2.57 bits per heavy atom. The lowest BCUT2D eigenvalue weighted by Crippen LogP contribution is -2.14. The van der Waals surface area contributed by atoms with Crippen LogP contribution in [-0.2, 0) is 9.53 Å². The van der Waals surface area contributed by atoms with Crippen LogP contribution in [0.4, 0.5) is 0 Å². The molecule has 0 amide bonds. The van der Waals surface area contributed by atoms with Gasteiger partial charge in [-0.15, -0.1) is 0 Å². The van der Waals surface area contributed by atoms with E-state index in [4.69, 9.17) is 16.3 Å². The number of H-pyrrole nitrogens is 1. The van der Waals surface area contributed by atoms with E-state index in [0.717, 1.165) is 11.1 Å². The van der Waals surface area contributed by atoms with Crippen LogP contribution in [-0.4, -0.2) is 23.3 Å². The van der Waals surface area contributed by atoms with Crippen LogP contribution >= 0.6 is 11.6 Å². The molecule has 1 N–H and O–H groups in total. The zero-order valence-electron chi connectivity index (χ0n) is 13.7. The number of hydrogen-bond acceptors (Lipinski definition) is 3. The number of ketones is 1. The standard InChI is InChI=1S/C18H20ClNO3/c1-5-23-18(22)12(4)15-10(2)11(3)16(20-15)17(21)13-7-6-8-14(19)9-13/h6-9,12,20H,5H2,1-4H3. The Hall–Kier alpha value is -2.07. The summed E-state index contributed by atoms with van der Waals surface area (Å²) in [5.74, 6) is -0.899. The van der Waals surface area contributed by atoms with Gasteiger partial charge in [0.05, 0.1) is 18.2 Å². The van der Waals surface area contributed by atoms with Crippen molar-refractivity contribution in [2.24, 2.45) is 0 Å². The van der Waals surface area contributed by atoms with E-state index in [9.17, 15) is 9.59 Å². The van der Waals surface area contributed by atoms with Crippen LogP contribution < -0.4 is 0 Å². The Morgan fingerprint density at radius 1 is 1.26 bits per heavy atom. The monoisotopic (exact) mass is 333 g/mol. The molecule has 0 saturated carbocycles. The largest absolute Gasteiger partial charge is 0.465 e. The average molecular weight is 334 g/mol. The molecule has 0 spiro atoms. The van der Waals surface area contributed by atoms with Crippen LogP contribution in [0, 0.1) is 13.8 Å². The minimum atomic E-state index is -0.449. The lowest BCUT2D eigenvalue weighted by Gasteiger charge is -2.10. The van der Waals surface area contributed by atoms with E-state index < -0.39 is 5.92 Å². The van der Waals surface area contributed by atoms with E-state index in [0.29, 0.717) is 28.6 Å². The second-order valence-electron chi connectivity index (χ2n) is 5.48. The van der Waals surface area contributed by atoms with E-state index in [1.165, 1.54) is 0 Å². The first kappa shape index (κ1) is 17.3. The lowest BCUT2D eigenvalue weighted by atomic mass is 10.0. The number of hydrogen-bond donors (Lipinski definition) is 1. The summed E-state index contributed by atoms with van der Waals surface area (Å²) >= 11 is 5.96. The third-order valence-electron chi connectivity index (χ3n) is 3.99. The maximum absolute atomic E-state index is 12.7. The molecule has 0 fully saturated rings. The van der Waals surface area contributed by atoms with Crippen molar-refractivity contribution in [1.82, 2.24) is 4.98 Å². The first-order valence-corrected chi connectivity index (χ1v) is 7.90. The fourth-order valence-electron chi connectivity index (χ4n) is 2.53. The van der Waals surface area contributed by atoms with Crippen LogP contribution in [0.3, 0.4) is 0 Å². The first-order chi connectivity index (χ1) is 10.9. The summed E-state index contributed by atoms with van der Waals surface area (Å²) in [5.41, 5.74) is 3.44. The SMILES string of the molecule is CCOC(=O)C(C)c1[nH]c(C(=O)c2cccc(Cl)c2)c(C)c1C. The number of esters is 1. The number of ether oxygens (including phenoxy) is 1. The number of carbonyl (C=O) groups is 2. The van der Waals surface area contributed by atoms with Crippen LogP contribution in [0.25, 0.3) is 0 Å². The van der Waals surface area contributed by atoms with E-state index in [-0.39, 0.29) is 11.8 Å². The number of halogens is 1. The van der Waals surface area contributed by atoms with Crippen molar-refractivity contribution in [3.05, 3.63) is 57.4 Å². The summed E-state index contributed by atoms with van der Waals surface area (Å²) in [4.78, 5) is 27.8. The number of carbonyl (C=O) groups excluding carboxylic acids is 2. The Bertz CT molecular complexity index is 749. The predicted molar refractivity (Wildman–Crippen MR) is 90.2 cm³/mol. The zero-order chi connectivity index (χ0) is 17.1. The van der Waals surface area contributed by atoms with Crippen molar-refractivity contribution in [3.63, 3.8) is 0 Å². The van der Waals surface area contributed by atoms with Gasteiger partial charge in [0.15, 0.2) is 0 Å². The van der Waals surface area contributed by atoms with Crippen molar-refractivity contribution in [2.45, 2.75) is 33.6 Å². The van der Waals surface area contributed by atoms with Gasteiger partial charge in [-0.2, -0.15) is 0 Å². The minimum absolute atomic E-state index is 0.143. The van der Waals surface area contributed by atoms with Crippen molar-refractivity contribution in [3.8, 4) is 0 Å². The Kier molecular flexibility index (Phi) is 5.26. The Morgan fingerprint density at radius 2 is 1.96 bits per heavy atom. The molecule has 1 aromatic heterocycles. The van der Waals surface area contributed by atoms with Gasteiger partial charge in [0.1, 0.15) is 0 Å². The summed E-state index contributed by atoms with van der Waals surface area (Å²) in [6.07, 6.45) is 0. The summed E-state index contributed by atoms with van der Waals surface area (Å²) in [6.45, 7) is 7.63.